The lowest BCUT2D eigenvalue weighted by Gasteiger charge is -2.19. The molecule has 0 bridgehead atoms. The Kier molecular flexibility index (Phi) is 5.57. The zero-order chi connectivity index (χ0) is 18.5. The van der Waals surface area contributed by atoms with Gasteiger partial charge >= 0.3 is 0 Å². The van der Waals surface area contributed by atoms with Gasteiger partial charge in [0.15, 0.2) is 6.10 Å². The number of amides is 1. The number of rotatable bonds is 6. The summed E-state index contributed by atoms with van der Waals surface area (Å²) in [6.45, 7) is 5.89. The van der Waals surface area contributed by atoms with E-state index in [1.807, 2.05) is 43.3 Å². The first-order chi connectivity index (χ1) is 12.6. The van der Waals surface area contributed by atoms with Crippen LogP contribution in [0.4, 0.5) is 0 Å². The predicted molar refractivity (Wildman–Crippen MR) is 106 cm³/mol. The van der Waals surface area contributed by atoms with Gasteiger partial charge in [-0.15, -0.1) is 0 Å². The van der Waals surface area contributed by atoms with E-state index in [4.69, 9.17) is 4.74 Å². The van der Waals surface area contributed by atoms with Gasteiger partial charge in [0.05, 0.1) is 6.04 Å². The summed E-state index contributed by atoms with van der Waals surface area (Å²) in [5, 5.41) is 5.28. The molecule has 134 valence electrons. The highest BCUT2D eigenvalue weighted by Gasteiger charge is 2.18. The number of fused-ring (bicyclic) bond motifs is 1. The van der Waals surface area contributed by atoms with E-state index in [9.17, 15) is 4.79 Å². The van der Waals surface area contributed by atoms with Crippen LogP contribution in [0.5, 0.6) is 5.75 Å². The molecule has 3 nitrogen and oxygen atoms in total. The molecule has 1 N–H and O–H groups in total. The molecular formula is C23H25NO2. The Morgan fingerprint density at radius 1 is 0.962 bits per heavy atom. The van der Waals surface area contributed by atoms with Gasteiger partial charge in [-0.05, 0) is 54.3 Å². The van der Waals surface area contributed by atoms with E-state index in [1.54, 1.807) is 6.92 Å². The third kappa shape index (κ3) is 4.23. The summed E-state index contributed by atoms with van der Waals surface area (Å²) in [4.78, 5) is 12.5. The summed E-state index contributed by atoms with van der Waals surface area (Å²) >= 11 is 0. The standard InChI is InChI=1S/C23H25NO2/c1-4-18-9-11-19(12-10-18)16(2)24-23(25)17(3)26-22-14-13-20-7-5-6-8-21(20)15-22/h5-17H,4H2,1-3H3,(H,24,25)/t16-,17+/m1/s1. The Morgan fingerprint density at radius 3 is 2.35 bits per heavy atom. The van der Waals surface area contributed by atoms with E-state index in [0.29, 0.717) is 5.75 Å². The van der Waals surface area contributed by atoms with Gasteiger partial charge in [0.2, 0.25) is 0 Å². The Morgan fingerprint density at radius 2 is 1.65 bits per heavy atom. The van der Waals surface area contributed by atoms with Crippen molar-refractivity contribution in [1.29, 1.82) is 0 Å². The Hall–Kier alpha value is -2.81. The van der Waals surface area contributed by atoms with Crippen molar-refractivity contribution < 1.29 is 9.53 Å². The quantitative estimate of drug-likeness (QED) is 0.678. The van der Waals surface area contributed by atoms with Crippen LogP contribution in [-0.4, -0.2) is 12.0 Å². The summed E-state index contributed by atoms with van der Waals surface area (Å²) in [5.41, 5.74) is 2.38. The summed E-state index contributed by atoms with van der Waals surface area (Å²) in [5.74, 6) is 0.580. The molecule has 0 saturated carbocycles. The molecule has 0 radical (unpaired) electrons. The molecule has 0 fully saturated rings. The van der Waals surface area contributed by atoms with Crippen LogP contribution < -0.4 is 10.1 Å². The van der Waals surface area contributed by atoms with Gasteiger partial charge in [-0.25, -0.2) is 0 Å². The first kappa shape index (κ1) is 18.0. The third-order valence-electron chi connectivity index (χ3n) is 4.65. The van der Waals surface area contributed by atoms with Crippen LogP contribution in [0.2, 0.25) is 0 Å². The maximum Gasteiger partial charge on any atom is 0.261 e. The van der Waals surface area contributed by atoms with Gasteiger partial charge in [0.1, 0.15) is 5.75 Å². The third-order valence-corrected chi connectivity index (χ3v) is 4.65. The van der Waals surface area contributed by atoms with Gasteiger partial charge in [-0.3, -0.25) is 4.79 Å². The largest absolute Gasteiger partial charge is 0.481 e. The Bertz CT molecular complexity index is 886. The first-order valence-electron chi connectivity index (χ1n) is 9.11. The van der Waals surface area contributed by atoms with E-state index >= 15 is 0 Å². The normalized spacial score (nSPS) is 13.2. The summed E-state index contributed by atoms with van der Waals surface area (Å²) in [6, 6.07) is 22.3. The topological polar surface area (TPSA) is 38.3 Å². The maximum absolute atomic E-state index is 12.5. The number of carbonyl (C=O) groups is 1. The minimum Gasteiger partial charge on any atom is -0.481 e. The van der Waals surface area contributed by atoms with Crippen LogP contribution >= 0.6 is 0 Å². The van der Waals surface area contributed by atoms with Gasteiger partial charge in [-0.1, -0.05) is 61.5 Å². The lowest BCUT2D eigenvalue weighted by atomic mass is 10.0. The number of hydrogen-bond donors (Lipinski definition) is 1. The van der Waals surface area contributed by atoms with Crippen molar-refractivity contribution in [3.8, 4) is 5.75 Å². The fourth-order valence-corrected chi connectivity index (χ4v) is 2.95. The lowest BCUT2D eigenvalue weighted by molar-refractivity contribution is -0.127. The van der Waals surface area contributed by atoms with Crippen molar-refractivity contribution >= 4 is 16.7 Å². The van der Waals surface area contributed by atoms with Crippen LogP contribution in [0.3, 0.4) is 0 Å². The molecule has 3 heteroatoms. The number of aryl methyl sites for hydroxylation is 1. The molecular weight excluding hydrogens is 322 g/mol. The molecule has 2 atom stereocenters. The van der Waals surface area contributed by atoms with E-state index in [-0.39, 0.29) is 11.9 Å². The minimum absolute atomic E-state index is 0.0592. The molecule has 0 spiro atoms. The molecule has 26 heavy (non-hydrogen) atoms. The van der Waals surface area contributed by atoms with E-state index < -0.39 is 6.10 Å². The zero-order valence-electron chi connectivity index (χ0n) is 15.5. The van der Waals surface area contributed by atoms with Crippen molar-refractivity contribution in [3.05, 3.63) is 77.9 Å². The monoisotopic (exact) mass is 347 g/mol. The minimum atomic E-state index is -0.562. The predicted octanol–water partition coefficient (Wildman–Crippen LogP) is 5.05. The molecule has 1 amide bonds. The average Bonchev–Trinajstić information content (AvgIpc) is 2.67. The first-order valence-corrected chi connectivity index (χ1v) is 9.11. The molecule has 0 aromatic heterocycles. The Labute approximate surface area is 155 Å². The van der Waals surface area contributed by atoms with Gasteiger partial charge in [0.25, 0.3) is 5.91 Å². The fourth-order valence-electron chi connectivity index (χ4n) is 2.95. The number of benzene rings is 3. The van der Waals surface area contributed by atoms with E-state index in [1.165, 1.54) is 5.56 Å². The summed E-state index contributed by atoms with van der Waals surface area (Å²) in [6.07, 6.45) is 0.450. The van der Waals surface area contributed by atoms with E-state index in [0.717, 1.165) is 22.8 Å². The molecule has 0 unspecified atom stereocenters. The number of carbonyl (C=O) groups excluding carboxylic acids is 1. The van der Waals surface area contributed by atoms with Crippen molar-refractivity contribution in [1.82, 2.24) is 5.32 Å². The maximum atomic E-state index is 12.5. The molecule has 0 heterocycles. The number of ether oxygens (including phenoxy) is 1. The summed E-state index contributed by atoms with van der Waals surface area (Å²) < 4.78 is 5.85. The highest BCUT2D eigenvalue weighted by atomic mass is 16.5. The van der Waals surface area contributed by atoms with Gasteiger partial charge in [-0.2, -0.15) is 0 Å². The smallest absolute Gasteiger partial charge is 0.261 e. The molecule has 3 aromatic rings. The number of hydrogen-bond acceptors (Lipinski definition) is 2. The van der Waals surface area contributed by atoms with Crippen LogP contribution in [0.15, 0.2) is 66.7 Å². The molecule has 0 aliphatic heterocycles. The van der Waals surface area contributed by atoms with Crippen LogP contribution in [0.25, 0.3) is 10.8 Å². The molecule has 3 aromatic carbocycles. The molecule has 0 aliphatic rings. The van der Waals surface area contributed by atoms with Crippen LogP contribution in [0.1, 0.15) is 37.9 Å². The lowest BCUT2D eigenvalue weighted by Crippen LogP contribution is -2.37. The van der Waals surface area contributed by atoms with Crippen molar-refractivity contribution in [2.45, 2.75) is 39.3 Å². The number of nitrogens with one attached hydrogen (secondary N) is 1. The molecule has 3 rings (SSSR count). The second-order valence-corrected chi connectivity index (χ2v) is 6.59. The highest BCUT2D eigenvalue weighted by molar-refractivity contribution is 5.84. The van der Waals surface area contributed by atoms with Gasteiger partial charge in [0, 0.05) is 0 Å². The van der Waals surface area contributed by atoms with Gasteiger partial charge < -0.3 is 10.1 Å². The fraction of sp³-hybridized carbons (Fsp3) is 0.261. The summed E-state index contributed by atoms with van der Waals surface area (Å²) in [7, 11) is 0. The van der Waals surface area contributed by atoms with Crippen LogP contribution in [-0.2, 0) is 11.2 Å². The van der Waals surface area contributed by atoms with Crippen molar-refractivity contribution in [2.24, 2.45) is 0 Å². The van der Waals surface area contributed by atoms with E-state index in [2.05, 4.69) is 42.6 Å². The SMILES string of the molecule is CCc1ccc([C@@H](C)NC(=O)[C@H](C)Oc2ccc3ccccc3c2)cc1. The molecule has 0 saturated heterocycles. The Balaban J connectivity index is 1.62. The second-order valence-electron chi connectivity index (χ2n) is 6.59. The average molecular weight is 347 g/mol. The second kappa shape index (κ2) is 8.05. The van der Waals surface area contributed by atoms with Crippen LogP contribution in [0, 0.1) is 0 Å². The van der Waals surface area contributed by atoms with Crippen molar-refractivity contribution in [2.75, 3.05) is 0 Å². The van der Waals surface area contributed by atoms with Crippen molar-refractivity contribution in [3.63, 3.8) is 0 Å². The zero-order valence-corrected chi connectivity index (χ0v) is 15.5. The highest BCUT2D eigenvalue weighted by Crippen LogP contribution is 2.22. The molecule has 0 aliphatic carbocycles.